The lowest BCUT2D eigenvalue weighted by molar-refractivity contribution is -0.122. The third-order valence-electron chi connectivity index (χ3n) is 4.76. The molecule has 1 heterocycles. The van der Waals surface area contributed by atoms with Gasteiger partial charge in [-0.05, 0) is 56.2 Å². The maximum absolute atomic E-state index is 12.6. The predicted octanol–water partition coefficient (Wildman–Crippen LogP) is 4.08. The molecule has 0 bridgehead atoms. The van der Waals surface area contributed by atoms with Crippen molar-refractivity contribution in [3.63, 3.8) is 0 Å². The lowest BCUT2D eigenvalue weighted by Crippen LogP contribution is -2.28. The quantitative estimate of drug-likeness (QED) is 0.838. The Kier molecular flexibility index (Phi) is 5.79. The molecule has 0 unspecified atom stereocenters. The van der Waals surface area contributed by atoms with Crippen molar-refractivity contribution in [1.29, 1.82) is 0 Å². The summed E-state index contributed by atoms with van der Waals surface area (Å²) < 4.78 is 5.58. The first-order chi connectivity index (χ1) is 13.0. The standard InChI is InChI=1S/C22H26N2O3/c1-4-11-27-19-8-6-18(7-9-19)24-14-17(13-21(24)25)22(26)23-20-10-5-15(2)12-16(20)3/h5-10,12,17H,4,11,13-14H2,1-3H3,(H,23,26)/t17-/m1/s1. The van der Waals surface area contributed by atoms with E-state index in [-0.39, 0.29) is 24.2 Å². The second-order valence-corrected chi connectivity index (χ2v) is 7.06. The maximum Gasteiger partial charge on any atom is 0.229 e. The molecule has 0 aromatic heterocycles. The molecule has 1 saturated heterocycles. The molecule has 27 heavy (non-hydrogen) atoms. The fourth-order valence-corrected chi connectivity index (χ4v) is 3.26. The predicted molar refractivity (Wildman–Crippen MR) is 107 cm³/mol. The summed E-state index contributed by atoms with van der Waals surface area (Å²) in [7, 11) is 0. The van der Waals surface area contributed by atoms with Crippen molar-refractivity contribution in [2.75, 3.05) is 23.4 Å². The molecule has 0 saturated carbocycles. The molecule has 5 heteroatoms. The fraction of sp³-hybridized carbons (Fsp3) is 0.364. The number of carbonyl (C=O) groups is 2. The molecule has 2 aromatic rings. The van der Waals surface area contributed by atoms with Crippen LogP contribution in [0.4, 0.5) is 11.4 Å². The van der Waals surface area contributed by atoms with Crippen molar-refractivity contribution in [3.8, 4) is 5.75 Å². The Bertz CT molecular complexity index is 830. The molecule has 142 valence electrons. The molecule has 1 atom stereocenters. The number of hydrogen-bond donors (Lipinski definition) is 1. The Morgan fingerprint density at radius 1 is 1.19 bits per heavy atom. The Labute approximate surface area is 160 Å². The van der Waals surface area contributed by atoms with Crippen LogP contribution in [-0.2, 0) is 9.59 Å². The number of rotatable bonds is 6. The molecule has 1 fully saturated rings. The van der Waals surface area contributed by atoms with E-state index in [2.05, 4.69) is 12.2 Å². The topological polar surface area (TPSA) is 58.6 Å². The first-order valence-electron chi connectivity index (χ1n) is 9.39. The monoisotopic (exact) mass is 366 g/mol. The summed E-state index contributed by atoms with van der Waals surface area (Å²) in [5.74, 6) is 0.296. The zero-order chi connectivity index (χ0) is 19.4. The van der Waals surface area contributed by atoms with Crippen LogP contribution < -0.4 is 15.0 Å². The third kappa shape index (κ3) is 4.48. The van der Waals surface area contributed by atoms with Gasteiger partial charge in [0.05, 0.1) is 12.5 Å². The Morgan fingerprint density at radius 2 is 1.93 bits per heavy atom. The summed E-state index contributed by atoms with van der Waals surface area (Å²) in [6.45, 7) is 7.11. The van der Waals surface area contributed by atoms with Gasteiger partial charge in [-0.1, -0.05) is 24.6 Å². The van der Waals surface area contributed by atoms with Crippen molar-refractivity contribution in [2.24, 2.45) is 5.92 Å². The summed E-state index contributed by atoms with van der Waals surface area (Å²) in [6, 6.07) is 13.4. The largest absolute Gasteiger partial charge is 0.494 e. The molecule has 0 radical (unpaired) electrons. The van der Waals surface area contributed by atoms with Crippen LogP contribution in [0.3, 0.4) is 0 Å². The molecule has 3 rings (SSSR count). The number of aryl methyl sites for hydroxylation is 2. The summed E-state index contributed by atoms with van der Waals surface area (Å²) in [6.07, 6.45) is 1.18. The van der Waals surface area contributed by atoms with Crippen LogP contribution >= 0.6 is 0 Å². The third-order valence-corrected chi connectivity index (χ3v) is 4.76. The zero-order valence-corrected chi connectivity index (χ0v) is 16.1. The van der Waals surface area contributed by atoms with Crippen molar-refractivity contribution in [1.82, 2.24) is 0 Å². The van der Waals surface area contributed by atoms with Crippen LogP contribution in [0.2, 0.25) is 0 Å². The molecular formula is C22H26N2O3. The number of nitrogens with one attached hydrogen (secondary N) is 1. The van der Waals surface area contributed by atoms with Crippen LogP contribution in [0.1, 0.15) is 30.9 Å². The minimum atomic E-state index is -0.353. The number of ether oxygens (including phenoxy) is 1. The molecular weight excluding hydrogens is 340 g/mol. The number of benzene rings is 2. The molecule has 1 aliphatic rings. The summed E-state index contributed by atoms with van der Waals surface area (Å²) in [5.41, 5.74) is 3.77. The highest BCUT2D eigenvalue weighted by molar-refractivity contribution is 6.03. The first-order valence-corrected chi connectivity index (χ1v) is 9.39. The highest BCUT2D eigenvalue weighted by atomic mass is 16.5. The van der Waals surface area contributed by atoms with Gasteiger partial charge in [0, 0.05) is 24.3 Å². The number of nitrogens with zero attached hydrogens (tertiary/aromatic N) is 1. The summed E-state index contributed by atoms with van der Waals surface area (Å²) >= 11 is 0. The molecule has 0 aliphatic carbocycles. The number of hydrogen-bond acceptors (Lipinski definition) is 3. The van der Waals surface area contributed by atoms with Gasteiger partial charge in [0.1, 0.15) is 5.75 Å². The van der Waals surface area contributed by atoms with Crippen LogP contribution in [0.15, 0.2) is 42.5 Å². The summed E-state index contributed by atoms with van der Waals surface area (Å²) in [4.78, 5) is 26.7. The van der Waals surface area contributed by atoms with E-state index < -0.39 is 0 Å². The molecule has 5 nitrogen and oxygen atoms in total. The van der Waals surface area contributed by atoms with Crippen LogP contribution in [0.5, 0.6) is 5.75 Å². The maximum atomic E-state index is 12.6. The average Bonchev–Trinajstić information content (AvgIpc) is 3.04. The van der Waals surface area contributed by atoms with E-state index >= 15 is 0 Å². The highest BCUT2D eigenvalue weighted by Crippen LogP contribution is 2.28. The Morgan fingerprint density at radius 3 is 2.59 bits per heavy atom. The Balaban J connectivity index is 1.65. The zero-order valence-electron chi connectivity index (χ0n) is 16.1. The molecule has 1 aliphatic heterocycles. The van der Waals surface area contributed by atoms with Gasteiger partial charge in [0.2, 0.25) is 11.8 Å². The van der Waals surface area contributed by atoms with E-state index in [0.29, 0.717) is 13.2 Å². The second kappa shape index (κ2) is 8.25. The van der Waals surface area contributed by atoms with Gasteiger partial charge in [-0.3, -0.25) is 9.59 Å². The molecule has 2 amide bonds. The van der Waals surface area contributed by atoms with Crippen LogP contribution in [0, 0.1) is 19.8 Å². The summed E-state index contributed by atoms with van der Waals surface area (Å²) in [5, 5.41) is 2.97. The van der Waals surface area contributed by atoms with Gasteiger partial charge in [-0.15, -0.1) is 0 Å². The van der Waals surface area contributed by atoms with Crippen LogP contribution in [-0.4, -0.2) is 25.0 Å². The average molecular weight is 366 g/mol. The first kappa shape index (κ1) is 19.0. The number of amides is 2. The van der Waals surface area contributed by atoms with Crippen molar-refractivity contribution >= 4 is 23.2 Å². The lowest BCUT2D eigenvalue weighted by atomic mass is 10.1. The smallest absolute Gasteiger partial charge is 0.229 e. The molecule has 0 spiro atoms. The highest BCUT2D eigenvalue weighted by Gasteiger charge is 2.35. The lowest BCUT2D eigenvalue weighted by Gasteiger charge is -2.17. The number of anilines is 2. The molecule has 2 aromatic carbocycles. The van der Waals surface area contributed by atoms with E-state index in [0.717, 1.165) is 34.7 Å². The number of carbonyl (C=O) groups excluding carboxylic acids is 2. The minimum absolute atomic E-state index is 0.0296. The van der Waals surface area contributed by atoms with E-state index in [4.69, 9.17) is 4.74 Å². The van der Waals surface area contributed by atoms with Gasteiger partial charge in [0.25, 0.3) is 0 Å². The van der Waals surface area contributed by atoms with E-state index in [1.54, 1.807) is 4.90 Å². The van der Waals surface area contributed by atoms with Gasteiger partial charge in [-0.2, -0.15) is 0 Å². The van der Waals surface area contributed by atoms with Gasteiger partial charge < -0.3 is 15.0 Å². The van der Waals surface area contributed by atoms with Gasteiger partial charge in [0.15, 0.2) is 0 Å². The molecule has 1 N–H and O–H groups in total. The van der Waals surface area contributed by atoms with Crippen molar-refractivity contribution < 1.29 is 14.3 Å². The van der Waals surface area contributed by atoms with Crippen LogP contribution in [0.25, 0.3) is 0 Å². The minimum Gasteiger partial charge on any atom is -0.494 e. The van der Waals surface area contributed by atoms with E-state index in [1.165, 1.54) is 0 Å². The van der Waals surface area contributed by atoms with Crippen molar-refractivity contribution in [2.45, 2.75) is 33.6 Å². The fourth-order valence-electron chi connectivity index (χ4n) is 3.26. The van der Waals surface area contributed by atoms with Gasteiger partial charge in [-0.25, -0.2) is 0 Å². The van der Waals surface area contributed by atoms with E-state index in [9.17, 15) is 9.59 Å². The SMILES string of the molecule is CCCOc1ccc(N2C[C@H](C(=O)Nc3ccc(C)cc3C)CC2=O)cc1. The second-order valence-electron chi connectivity index (χ2n) is 7.06. The van der Waals surface area contributed by atoms with E-state index in [1.807, 2.05) is 56.3 Å². The van der Waals surface area contributed by atoms with Crippen molar-refractivity contribution in [3.05, 3.63) is 53.6 Å². The Hall–Kier alpha value is -2.82. The van der Waals surface area contributed by atoms with Gasteiger partial charge >= 0.3 is 0 Å². The normalized spacial score (nSPS) is 16.5.